The number of aliphatic hydroxyl groups excluding tert-OH is 1. The van der Waals surface area contributed by atoms with E-state index in [1.807, 2.05) is 6.07 Å². The van der Waals surface area contributed by atoms with E-state index in [0.29, 0.717) is 24.5 Å². The molecule has 168 valence electrons. The van der Waals surface area contributed by atoms with Gasteiger partial charge in [-0.05, 0) is 24.0 Å². The standard InChI is InChI=1S/C22H28N8O2/c1-22(2)6-15(28-11-22)13(7-23)14-5-12(3-4-26-14)16-9-27-20(24)19(29-16)21(32)30-17-8-25-10-18(17)31/h3-5,7,9,17-18,25,31H,6,8,10-11,23H2,1-2H3,(H2,24,27)(H,30,32). The normalized spacial score (nSPS) is 22.6. The van der Waals surface area contributed by atoms with Crippen LogP contribution in [0.15, 0.2) is 35.7 Å². The number of aliphatic hydroxyl groups is 1. The Hall–Kier alpha value is -3.37. The number of aliphatic imine (C=N–C) groups is 1. The number of carbonyl (C=O) groups is 1. The number of carbonyl (C=O) groups excluding carboxylic acids is 1. The van der Waals surface area contributed by atoms with E-state index in [9.17, 15) is 9.90 Å². The molecule has 4 rings (SSSR count). The third kappa shape index (κ3) is 4.46. The summed E-state index contributed by atoms with van der Waals surface area (Å²) in [4.78, 5) is 30.4. The van der Waals surface area contributed by atoms with E-state index in [2.05, 4.69) is 44.4 Å². The zero-order valence-corrected chi connectivity index (χ0v) is 18.2. The molecule has 2 aliphatic heterocycles. The molecule has 2 aromatic heterocycles. The van der Waals surface area contributed by atoms with Gasteiger partial charge in [0.2, 0.25) is 0 Å². The molecule has 0 spiro atoms. The van der Waals surface area contributed by atoms with Gasteiger partial charge in [0.1, 0.15) is 0 Å². The smallest absolute Gasteiger partial charge is 0.274 e. The molecule has 10 heteroatoms. The Morgan fingerprint density at radius 3 is 2.81 bits per heavy atom. The minimum absolute atomic E-state index is 0.0106. The molecule has 10 nitrogen and oxygen atoms in total. The molecule has 1 amide bonds. The Morgan fingerprint density at radius 2 is 2.16 bits per heavy atom. The Labute approximate surface area is 186 Å². The van der Waals surface area contributed by atoms with Gasteiger partial charge < -0.3 is 27.2 Å². The van der Waals surface area contributed by atoms with Gasteiger partial charge in [0.05, 0.1) is 29.7 Å². The highest BCUT2D eigenvalue weighted by atomic mass is 16.3. The molecule has 2 aromatic rings. The average molecular weight is 437 g/mol. The third-order valence-electron chi connectivity index (χ3n) is 5.67. The van der Waals surface area contributed by atoms with Crippen LogP contribution < -0.4 is 22.1 Å². The van der Waals surface area contributed by atoms with Gasteiger partial charge in [-0.2, -0.15) is 0 Å². The largest absolute Gasteiger partial charge is 0.404 e. The minimum atomic E-state index is -0.663. The predicted molar refractivity (Wildman–Crippen MR) is 123 cm³/mol. The van der Waals surface area contributed by atoms with Crippen LogP contribution in [0.3, 0.4) is 0 Å². The molecule has 0 saturated carbocycles. The Morgan fingerprint density at radius 1 is 1.34 bits per heavy atom. The lowest BCUT2D eigenvalue weighted by molar-refractivity contribution is 0.0884. The topological polar surface area (TPSA) is 164 Å². The first-order chi connectivity index (χ1) is 15.3. The summed E-state index contributed by atoms with van der Waals surface area (Å²) in [5.74, 6) is -0.463. The first-order valence-corrected chi connectivity index (χ1v) is 10.5. The summed E-state index contributed by atoms with van der Waals surface area (Å²) in [6.45, 7) is 5.97. The van der Waals surface area contributed by atoms with Crippen molar-refractivity contribution in [3.8, 4) is 11.3 Å². The number of aromatic nitrogens is 3. The van der Waals surface area contributed by atoms with Gasteiger partial charge >= 0.3 is 0 Å². The third-order valence-corrected chi connectivity index (χ3v) is 5.67. The first-order valence-electron chi connectivity index (χ1n) is 10.5. The molecule has 0 bridgehead atoms. The van der Waals surface area contributed by atoms with Crippen LogP contribution in [0.4, 0.5) is 5.82 Å². The zero-order chi connectivity index (χ0) is 22.9. The maximum absolute atomic E-state index is 12.7. The quantitative estimate of drug-likeness (QED) is 0.448. The second-order valence-corrected chi connectivity index (χ2v) is 8.91. The summed E-state index contributed by atoms with van der Waals surface area (Å²) in [5, 5.41) is 15.7. The van der Waals surface area contributed by atoms with Gasteiger partial charge in [0.15, 0.2) is 11.5 Å². The minimum Gasteiger partial charge on any atom is -0.404 e. The van der Waals surface area contributed by atoms with Crippen molar-refractivity contribution in [2.75, 3.05) is 25.4 Å². The fourth-order valence-electron chi connectivity index (χ4n) is 3.88. The highest BCUT2D eigenvalue weighted by Gasteiger charge is 2.29. The van der Waals surface area contributed by atoms with E-state index in [0.717, 1.165) is 29.8 Å². The number of amides is 1. The number of pyridine rings is 1. The number of nitrogens with zero attached hydrogens (tertiary/aromatic N) is 4. The van der Waals surface area contributed by atoms with Gasteiger partial charge in [-0.25, -0.2) is 9.97 Å². The summed E-state index contributed by atoms with van der Waals surface area (Å²) < 4.78 is 0. The molecule has 0 radical (unpaired) electrons. The Bertz CT molecular complexity index is 1100. The number of nitrogens with one attached hydrogen (secondary N) is 2. The van der Waals surface area contributed by atoms with E-state index in [1.165, 1.54) is 12.4 Å². The van der Waals surface area contributed by atoms with Crippen molar-refractivity contribution >= 4 is 23.0 Å². The Balaban J connectivity index is 1.61. The molecule has 2 aliphatic rings. The molecule has 1 saturated heterocycles. The van der Waals surface area contributed by atoms with Crippen molar-refractivity contribution in [2.45, 2.75) is 32.4 Å². The number of β-amino-alcohol motifs (C(OH)–C–C–N with tert-alkyl or cyclic N) is 1. The van der Waals surface area contributed by atoms with Crippen LogP contribution in [-0.4, -0.2) is 63.5 Å². The lowest BCUT2D eigenvalue weighted by Gasteiger charge is -2.16. The lowest BCUT2D eigenvalue weighted by Crippen LogP contribution is -2.43. The lowest BCUT2D eigenvalue weighted by atomic mass is 9.88. The fraction of sp³-hybridized carbons (Fsp3) is 0.409. The Kier molecular flexibility index (Phi) is 5.90. The number of nitrogens with two attached hydrogens (primary N) is 2. The first kappa shape index (κ1) is 21.8. The van der Waals surface area contributed by atoms with E-state index in [-0.39, 0.29) is 16.9 Å². The van der Waals surface area contributed by atoms with Crippen LogP contribution in [0.1, 0.15) is 36.5 Å². The SMILES string of the molecule is CC1(C)CN=C(C(=CN)c2cc(-c3cnc(N)c(C(=O)NC4CNCC4O)n3)ccn2)C1. The highest BCUT2D eigenvalue weighted by Crippen LogP contribution is 2.32. The molecule has 1 fully saturated rings. The van der Waals surface area contributed by atoms with E-state index >= 15 is 0 Å². The molecule has 32 heavy (non-hydrogen) atoms. The van der Waals surface area contributed by atoms with Crippen molar-refractivity contribution in [1.29, 1.82) is 0 Å². The number of anilines is 1. The van der Waals surface area contributed by atoms with Gasteiger partial charge in [0, 0.05) is 48.9 Å². The summed E-state index contributed by atoms with van der Waals surface area (Å²) in [6, 6.07) is 3.22. The maximum Gasteiger partial charge on any atom is 0.274 e. The molecule has 0 aromatic carbocycles. The summed E-state index contributed by atoms with van der Waals surface area (Å²) >= 11 is 0. The van der Waals surface area contributed by atoms with E-state index in [4.69, 9.17) is 11.5 Å². The molecular formula is C22H28N8O2. The zero-order valence-electron chi connectivity index (χ0n) is 18.2. The van der Waals surface area contributed by atoms with E-state index < -0.39 is 18.1 Å². The summed E-state index contributed by atoms with van der Waals surface area (Å²) in [7, 11) is 0. The number of rotatable bonds is 5. The molecule has 2 atom stereocenters. The van der Waals surface area contributed by atoms with Crippen molar-refractivity contribution < 1.29 is 9.90 Å². The van der Waals surface area contributed by atoms with Crippen molar-refractivity contribution in [1.82, 2.24) is 25.6 Å². The summed E-state index contributed by atoms with van der Waals surface area (Å²) in [6.07, 6.45) is 4.85. The highest BCUT2D eigenvalue weighted by molar-refractivity contribution is 6.24. The molecule has 2 unspecified atom stereocenters. The van der Waals surface area contributed by atoms with Crippen LogP contribution in [0.25, 0.3) is 16.8 Å². The van der Waals surface area contributed by atoms with Crippen molar-refractivity contribution in [2.24, 2.45) is 16.1 Å². The maximum atomic E-state index is 12.7. The second-order valence-electron chi connectivity index (χ2n) is 8.91. The number of hydrogen-bond donors (Lipinski definition) is 5. The fourth-order valence-corrected chi connectivity index (χ4v) is 3.88. The van der Waals surface area contributed by atoms with Crippen LogP contribution in [0.5, 0.6) is 0 Å². The van der Waals surface area contributed by atoms with Crippen LogP contribution in [0, 0.1) is 5.41 Å². The van der Waals surface area contributed by atoms with Crippen molar-refractivity contribution in [3.05, 3.63) is 42.1 Å². The number of hydrogen-bond acceptors (Lipinski definition) is 9. The van der Waals surface area contributed by atoms with Gasteiger partial charge in [-0.1, -0.05) is 13.8 Å². The number of nitrogen functional groups attached to an aromatic ring is 1. The summed E-state index contributed by atoms with van der Waals surface area (Å²) in [5.41, 5.74) is 15.5. The van der Waals surface area contributed by atoms with Crippen LogP contribution >= 0.6 is 0 Å². The van der Waals surface area contributed by atoms with Crippen LogP contribution in [0.2, 0.25) is 0 Å². The van der Waals surface area contributed by atoms with Crippen LogP contribution in [-0.2, 0) is 0 Å². The second kappa shape index (κ2) is 8.64. The number of allylic oxidation sites excluding steroid dienone is 1. The van der Waals surface area contributed by atoms with E-state index in [1.54, 1.807) is 12.3 Å². The molecular weight excluding hydrogens is 408 g/mol. The van der Waals surface area contributed by atoms with Gasteiger partial charge in [0.25, 0.3) is 5.91 Å². The molecule has 7 N–H and O–H groups in total. The monoisotopic (exact) mass is 436 g/mol. The van der Waals surface area contributed by atoms with Crippen molar-refractivity contribution in [3.63, 3.8) is 0 Å². The average Bonchev–Trinajstić information content (AvgIpc) is 3.33. The predicted octanol–water partition coefficient (Wildman–Crippen LogP) is 0.354. The molecule has 0 aliphatic carbocycles. The van der Waals surface area contributed by atoms with Gasteiger partial charge in [-0.3, -0.25) is 14.8 Å². The molecule has 4 heterocycles. The van der Waals surface area contributed by atoms with Gasteiger partial charge in [-0.15, -0.1) is 0 Å².